The van der Waals surface area contributed by atoms with Gasteiger partial charge in [0, 0.05) is 6.42 Å². The Bertz CT molecular complexity index is 524. The summed E-state index contributed by atoms with van der Waals surface area (Å²) in [6.45, 7) is 0.0812. The Morgan fingerprint density at radius 3 is 2.74 bits per heavy atom. The number of nitrogens with zero attached hydrogens (tertiary/aromatic N) is 1. The molecule has 1 heterocycles. The summed E-state index contributed by atoms with van der Waals surface area (Å²) in [6.07, 6.45) is 1.71. The highest BCUT2D eigenvalue weighted by molar-refractivity contribution is 5.96. The van der Waals surface area contributed by atoms with Gasteiger partial charge in [-0.2, -0.15) is 0 Å². The summed E-state index contributed by atoms with van der Waals surface area (Å²) in [5.74, 6) is -0.112. The van der Waals surface area contributed by atoms with Crippen molar-refractivity contribution in [2.24, 2.45) is 5.92 Å². The Balaban J connectivity index is 1.88. The number of carboxylic acids is 1. The third kappa shape index (κ3) is 2.41. The molecule has 1 saturated carbocycles. The molecule has 1 fully saturated rings. The molecule has 5 nitrogen and oxygen atoms in total. The van der Waals surface area contributed by atoms with Gasteiger partial charge in [0.25, 0.3) is 0 Å². The van der Waals surface area contributed by atoms with Crippen molar-refractivity contribution < 1.29 is 19.4 Å². The summed E-state index contributed by atoms with van der Waals surface area (Å²) in [4.78, 5) is 24.9. The van der Waals surface area contributed by atoms with Crippen LogP contribution in [0.4, 0.5) is 5.69 Å². The van der Waals surface area contributed by atoms with E-state index in [1.165, 1.54) is 0 Å². The number of anilines is 1. The molecule has 0 spiro atoms. The molecule has 3 rings (SSSR count). The first-order valence-electron chi connectivity index (χ1n) is 6.44. The van der Waals surface area contributed by atoms with Crippen LogP contribution in [0.15, 0.2) is 24.3 Å². The fourth-order valence-corrected chi connectivity index (χ4v) is 2.28. The van der Waals surface area contributed by atoms with Crippen LogP contribution in [0, 0.1) is 5.92 Å². The van der Waals surface area contributed by atoms with Crippen molar-refractivity contribution in [2.45, 2.75) is 25.4 Å². The van der Waals surface area contributed by atoms with Crippen LogP contribution < -0.4 is 9.64 Å². The van der Waals surface area contributed by atoms with Gasteiger partial charge in [-0.1, -0.05) is 12.1 Å². The predicted molar refractivity (Wildman–Crippen MR) is 68.2 cm³/mol. The Morgan fingerprint density at radius 2 is 2.05 bits per heavy atom. The summed E-state index contributed by atoms with van der Waals surface area (Å²) in [5, 5.41) is 9.09. The molecule has 1 aliphatic heterocycles. The molecule has 0 radical (unpaired) electrons. The van der Waals surface area contributed by atoms with E-state index in [2.05, 4.69) is 0 Å². The summed E-state index contributed by atoms with van der Waals surface area (Å²) < 4.78 is 5.40. The third-order valence-corrected chi connectivity index (χ3v) is 3.51. The molecule has 19 heavy (non-hydrogen) atoms. The molecule has 1 aromatic rings. The number of carbonyl (C=O) groups is 2. The van der Waals surface area contributed by atoms with Crippen LogP contribution in [-0.2, 0) is 9.59 Å². The first-order chi connectivity index (χ1) is 9.15. The van der Waals surface area contributed by atoms with Crippen LogP contribution >= 0.6 is 0 Å². The van der Waals surface area contributed by atoms with E-state index in [4.69, 9.17) is 9.84 Å². The molecule has 0 bridgehead atoms. The van der Waals surface area contributed by atoms with Gasteiger partial charge in [0.2, 0.25) is 12.0 Å². The van der Waals surface area contributed by atoms with Gasteiger partial charge >= 0.3 is 5.97 Å². The second-order valence-electron chi connectivity index (χ2n) is 5.06. The SMILES string of the molecule is O=C(O)C1CN(C(=O)CC2CC2)c2ccccc2O1. The van der Waals surface area contributed by atoms with Crippen molar-refractivity contribution in [1.29, 1.82) is 0 Å². The highest BCUT2D eigenvalue weighted by atomic mass is 16.5. The third-order valence-electron chi connectivity index (χ3n) is 3.51. The number of hydrogen-bond acceptors (Lipinski definition) is 3. The fraction of sp³-hybridized carbons (Fsp3) is 0.429. The number of hydrogen-bond donors (Lipinski definition) is 1. The van der Waals surface area contributed by atoms with Crippen LogP contribution in [0.3, 0.4) is 0 Å². The second kappa shape index (κ2) is 4.57. The minimum Gasteiger partial charge on any atom is -0.478 e. The molecule has 1 aromatic carbocycles. The van der Waals surface area contributed by atoms with E-state index in [1.54, 1.807) is 23.1 Å². The molecule has 1 atom stereocenters. The van der Waals surface area contributed by atoms with Crippen LogP contribution in [-0.4, -0.2) is 29.6 Å². The number of benzene rings is 1. The maximum Gasteiger partial charge on any atom is 0.346 e. The number of aliphatic carboxylic acids is 1. The number of carbonyl (C=O) groups excluding carboxylic acids is 1. The monoisotopic (exact) mass is 261 g/mol. The molecule has 1 aliphatic carbocycles. The number of carboxylic acid groups (broad SMARTS) is 1. The second-order valence-corrected chi connectivity index (χ2v) is 5.06. The first-order valence-corrected chi connectivity index (χ1v) is 6.44. The molecule has 100 valence electrons. The smallest absolute Gasteiger partial charge is 0.346 e. The van der Waals surface area contributed by atoms with Gasteiger partial charge in [-0.15, -0.1) is 0 Å². The Hall–Kier alpha value is -2.04. The van der Waals surface area contributed by atoms with Crippen molar-refractivity contribution in [3.8, 4) is 5.75 Å². The minimum absolute atomic E-state index is 0.00972. The molecular formula is C14H15NO4. The maximum atomic E-state index is 12.3. The molecule has 5 heteroatoms. The van der Waals surface area contributed by atoms with E-state index < -0.39 is 12.1 Å². The Labute approximate surface area is 110 Å². The lowest BCUT2D eigenvalue weighted by atomic mass is 10.1. The first kappa shape index (κ1) is 12.0. The predicted octanol–water partition coefficient (Wildman–Crippen LogP) is 1.67. The summed E-state index contributed by atoms with van der Waals surface area (Å²) >= 11 is 0. The van der Waals surface area contributed by atoms with Crippen LogP contribution in [0.2, 0.25) is 0 Å². The molecule has 0 aromatic heterocycles. The molecule has 1 unspecified atom stereocenters. The van der Waals surface area contributed by atoms with Crippen molar-refractivity contribution >= 4 is 17.6 Å². The van der Waals surface area contributed by atoms with Crippen LogP contribution in [0.25, 0.3) is 0 Å². The normalized spacial score (nSPS) is 21.5. The van der Waals surface area contributed by atoms with Gasteiger partial charge in [0.05, 0.1) is 12.2 Å². The molecule has 1 amide bonds. The number of amides is 1. The number of ether oxygens (including phenoxy) is 1. The Kier molecular flexibility index (Phi) is 2.89. The highest BCUT2D eigenvalue weighted by Gasteiger charge is 2.35. The van der Waals surface area contributed by atoms with E-state index >= 15 is 0 Å². The number of rotatable bonds is 3. The highest BCUT2D eigenvalue weighted by Crippen LogP contribution is 2.37. The van der Waals surface area contributed by atoms with Crippen molar-refractivity contribution in [2.75, 3.05) is 11.4 Å². The summed E-state index contributed by atoms with van der Waals surface area (Å²) in [7, 11) is 0. The quantitative estimate of drug-likeness (QED) is 0.898. The van der Waals surface area contributed by atoms with Crippen molar-refractivity contribution in [1.82, 2.24) is 0 Å². The van der Waals surface area contributed by atoms with Crippen molar-refractivity contribution in [3.63, 3.8) is 0 Å². The summed E-state index contributed by atoms with van der Waals surface area (Å²) in [6, 6.07) is 7.08. The number of para-hydroxylation sites is 2. The fourth-order valence-electron chi connectivity index (χ4n) is 2.28. The average Bonchev–Trinajstić information content (AvgIpc) is 3.21. The van der Waals surface area contributed by atoms with Crippen molar-refractivity contribution in [3.05, 3.63) is 24.3 Å². The maximum absolute atomic E-state index is 12.3. The zero-order valence-electron chi connectivity index (χ0n) is 10.4. The molecular weight excluding hydrogens is 246 g/mol. The standard InChI is InChI=1S/C14H15NO4/c16-13(7-9-5-6-9)15-8-12(14(17)18)19-11-4-2-1-3-10(11)15/h1-4,9,12H,5-8H2,(H,17,18). The zero-order chi connectivity index (χ0) is 13.4. The topological polar surface area (TPSA) is 66.8 Å². The van der Waals surface area contributed by atoms with Gasteiger partial charge < -0.3 is 14.7 Å². The van der Waals surface area contributed by atoms with E-state index in [0.29, 0.717) is 23.8 Å². The van der Waals surface area contributed by atoms with Crippen LogP contribution in [0.1, 0.15) is 19.3 Å². The minimum atomic E-state index is -1.04. The lowest BCUT2D eigenvalue weighted by Gasteiger charge is -2.33. The largest absolute Gasteiger partial charge is 0.478 e. The van der Waals surface area contributed by atoms with Gasteiger partial charge in [0.1, 0.15) is 5.75 Å². The van der Waals surface area contributed by atoms with Crippen LogP contribution in [0.5, 0.6) is 5.75 Å². The summed E-state index contributed by atoms with van der Waals surface area (Å²) in [5.41, 5.74) is 0.672. The Morgan fingerprint density at radius 1 is 1.32 bits per heavy atom. The van der Waals surface area contributed by atoms with Gasteiger partial charge in [-0.3, -0.25) is 4.79 Å². The molecule has 0 saturated heterocycles. The van der Waals surface area contributed by atoms with E-state index in [1.807, 2.05) is 6.07 Å². The van der Waals surface area contributed by atoms with Gasteiger partial charge in [0.15, 0.2) is 0 Å². The van der Waals surface area contributed by atoms with E-state index in [-0.39, 0.29) is 12.5 Å². The lowest BCUT2D eigenvalue weighted by molar-refractivity contribution is -0.145. The molecule has 2 aliphatic rings. The van der Waals surface area contributed by atoms with Gasteiger partial charge in [-0.25, -0.2) is 4.79 Å². The van der Waals surface area contributed by atoms with Gasteiger partial charge in [-0.05, 0) is 30.9 Å². The lowest BCUT2D eigenvalue weighted by Crippen LogP contribution is -2.47. The number of fused-ring (bicyclic) bond motifs is 1. The van der Waals surface area contributed by atoms with E-state index in [0.717, 1.165) is 12.8 Å². The van der Waals surface area contributed by atoms with E-state index in [9.17, 15) is 9.59 Å². The zero-order valence-corrected chi connectivity index (χ0v) is 10.4. The average molecular weight is 261 g/mol. The molecule has 1 N–H and O–H groups in total.